The molecule has 4 heteroatoms. The van der Waals surface area contributed by atoms with Crippen LogP contribution in [0, 0.1) is 0 Å². The zero-order valence-electron chi connectivity index (χ0n) is 9.45. The van der Waals surface area contributed by atoms with E-state index >= 15 is 0 Å². The molecule has 1 aliphatic rings. The van der Waals surface area contributed by atoms with Crippen LogP contribution in [0.3, 0.4) is 0 Å². The van der Waals surface area contributed by atoms with Crippen molar-refractivity contribution in [3.63, 3.8) is 0 Å². The summed E-state index contributed by atoms with van der Waals surface area (Å²) < 4.78 is 0. The smallest absolute Gasteiger partial charge is 0.337 e. The van der Waals surface area contributed by atoms with E-state index in [9.17, 15) is 4.79 Å². The summed E-state index contributed by atoms with van der Waals surface area (Å²) in [5, 5.41) is 9.59. The minimum absolute atomic E-state index is 0.215. The lowest BCUT2D eigenvalue weighted by atomic mass is 9.98. The molecule has 0 bridgehead atoms. The Kier molecular flexibility index (Phi) is 3.79. The van der Waals surface area contributed by atoms with E-state index in [0.29, 0.717) is 10.7 Å². The fraction of sp³-hybridized carbons (Fsp3) is 0.385. The second-order valence-electron chi connectivity index (χ2n) is 4.21. The highest BCUT2D eigenvalue weighted by Gasteiger charge is 2.12. The van der Waals surface area contributed by atoms with Crippen LogP contribution >= 0.6 is 11.6 Å². The van der Waals surface area contributed by atoms with E-state index in [1.807, 2.05) is 0 Å². The molecule has 1 aliphatic carbocycles. The third kappa shape index (κ3) is 3.07. The first-order chi connectivity index (χ1) is 8.16. The molecule has 90 valence electrons. The van der Waals surface area contributed by atoms with Gasteiger partial charge in [0.2, 0.25) is 0 Å². The minimum Gasteiger partial charge on any atom is -0.478 e. The van der Waals surface area contributed by atoms with E-state index in [0.717, 1.165) is 31.4 Å². The Morgan fingerprint density at radius 2 is 1.94 bits per heavy atom. The monoisotopic (exact) mass is 251 g/mol. The normalized spacial score (nSPS) is 15.7. The average Bonchev–Trinajstić information content (AvgIpc) is 2.30. The zero-order valence-corrected chi connectivity index (χ0v) is 10.2. The Morgan fingerprint density at radius 1 is 1.24 bits per heavy atom. The second-order valence-corrected chi connectivity index (χ2v) is 4.64. The number of carboxylic acid groups (broad SMARTS) is 1. The molecule has 1 aromatic carbocycles. The third-order valence-electron chi connectivity index (χ3n) is 2.90. The molecule has 3 nitrogen and oxygen atoms in total. The van der Waals surface area contributed by atoms with E-state index < -0.39 is 5.97 Å². The molecule has 0 saturated heterocycles. The molecule has 1 saturated carbocycles. The van der Waals surface area contributed by atoms with Crippen LogP contribution in [0.4, 0.5) is 5.69 Å². The van der Waals surface area contributed by atoms with E-state index in [-0.39, 0.29) is 5.56 Å². The van der Waals surface area contributed by atoms with Crippen LogP contribution in [0.2, 0.25) is 5.02 Å². The van der Waals surface area contributed by atoms with E-state index in [2.05, 4.69) is 4.99 Å². The number of aliphatic imine (C=N–C) groups is 1. The van der Waals surface area contributed by atoms with Crippen molar-refractivity contribution in [2.75, 3.05) is 0 Å². The summed E-state index contributed by atoms with van der Waals surface area (Å²) in [7, 11) is 0. The maximum Gasteiger partial charge on any atom is 0.337 e. The summed E-state index contributed by atoms with van der Waals surface area (Å²) in [6.07, 6.45) is 5.45. The highest BCUT2D eigenvalue weighted by Crippen LogP contribution is 2.26. The first-order valence-corrected chi connectivity index (χ1v) is 6.14. The Labute approximate surface area is 105 Å². The first-order valence-electron chi connectivity index (χ1n) is 5.76. The van der Waals surface area contributed by atoms with Gasteiger partial charge in [-0.3, -0.25) is 4.99 Å². The van der Waals surface area contributed by atoms with Gasteiger partial charge < -0.3 is 5.11 Å². The summed E-state index contributed by atoms with van der Waals surface area (Å²) >= 11 is 5.88. The Morgan fingerprint density at radius 3 is 2.59 bits per heavy atom. The van der Waals surface area contributed by atoms with Gasteiger partial charge in [-0.15, -0.1) is 0 Å². The number of hydrogen-bond donors (Lipinski definition) is 1. The summed E-state index contributed by atoms with van der Waals surface area (Å²) in [6.45, 7) is 0. The molecule has 0 radical (unpaired) electrons. The van der Waals surface area contributed by atoms with Crippen molar-refractivity contribution >= 4 is 29.0 Å². The molecule has 0 unspecified atom stereocenters. The lowest BCUT2D eigenvalue weighted by Gasteiger charge is -2.13. The van der Waals surface area contributed by atoms with Gasteiger partial charge in [0.05, 0.1) is 11.3 Å². The Balaban J connectivity index is 2.35. The number of halogens is 1. The highest BCUT2D eigenvalue weighted by atomic mass is 35.5. The molecule has 1 fully saturated rings. The lowest BCUT2D eigenvalue weighted by molar-refractivity contribution is 0.0698. The van der Waals surface area contributed by atoms with Crippen LogP contribution in [0.15, 0.2) is 23.2 Å². The zero-order chi connectivity index (χ0) is 12.3. The van der Waals surface area contributed by atoms with E-state index in [1.165, 1.54) is 12.5 Å². The molecule has 17 heavy (non-hydrogen) atoms. The standard InChI is InChI=1S/C13H14ClNO2/c14-9-6-7-11(13(16)17)12(8-9)15-10-4-2-1-3-5-10/h6-8H,1-5H2,(H,16,17). The van der Waals surface area contributed by atoms with Crippen LogP contribution in [-0.4, -0.2) is 16.8 Å². The minimum atomic E-state index is -0.961. The molecule has 0 aromatic heterocycles. The van der Waals surface area contributed by atoms with Crippen LogP contribution in [0.5, 0.6) is 0 Å². The summed E-state index contributed by atoms with van der Waals surface area (Å²) in [5.74, 6) is -0.961. The average molecular weight is 252 g/mol. The molecule has 2 rings (SSSR count). The number of nitrogens with zero attached hydrogens (tertiary/aromatic N) is 1. The fourth-order valence-electron chi connectivity index (χ4n) is 2.02. The maximum absolute atomic E-state index is 11.1. The quantitative estimate of drug-likeness (QED) is 0.861. The van der Waals surface area contributed by atoms with Gasteiger partial charge >= 0.3 is 5.97 Å². The maximum atomic E-state index is 11.1. The molecular weight excluding hydrogens is 238 g/mol. The Bertz CT molecular complexity index is 460. The van der Waals surface area contributed by atoms with Crippen LogP contribution < -0.4 is 0 Å². The van der Waals surface area contributed by atoms with Gasteiger partial charge in [-0.25, -0.2) is 4.79 Å². The van der Waals surface area contributed by atoms with Gasteiger partial charge in [0.15, 0.2) is 0 Å². The van der Waals surface area contributed by atoms with Gasteiger partial charge in [-0.1, -0.05) is 18.0 Å². The van der Waals surface area contributed by atoms with Crippen LogP contribution in [0.25, 0.3) is 0 Å². The molecule has 0 aliphatic heterocycles. The predicted octanol–water partition coefficient (Wildman–Crippen LogP) is 4.07. The summed E-state index contributed by atoms with van der Waals surface area (Å²) in [5.41, 5.74) is 1.77. The van der Waals surface area contributed by atoms with Crippen molar-refractivity contribution in [1.82, 2.24) is 0 Å². The summed E-state index contributed by atoms with van der Waals surface area (Å²) in [4.78, 5) is 15.5. The van der Waals surface area contributed by atoms with Crippen molar-refractivity contribution < 1.29 is 9.90 Å². The molecule has 0 amide bonds. The molecule has 1 N–H and O–H groups in total. The molecule has 0 heterocycles. The molecule has 1 aromatic rings. The predicted molar refractivity (Wildman–Crippen MR) is 68.6 cm³/mol. The topological polar surface area (TPSA) is 49.7 Å². The Hall–Kier alpha value is -1.35. The number of aromatic carboxylic acids is 1. The molecule has 0 spiro atoms. The second kappa shape index (κ2) is 5.32. The lowest BCUT2D eigenvalue weighted by Crippen LogP contribution is -2.05. The number of carbonyl (C=O) groups is 1. The van der Waals surface area contributed by atoms with Crippen molar-refractivity contribution in [3.8, 4) is 0 Å². The van der Waals surface area contributed by atoms with Crippen molar-refractivity contribution in [2.24, 2.45) is 4.99 Å². The first kappa shape index (κ1) is 12.1. The SMILES string of the molecule is O=C(O)c1ccc(Cl)cc1N=C1CCCCC1. The van der Waals surface area contributed by atoms with Crippen LogP contribution in [0.1, 0.15) is 42.5 Å². The van der Waals surface area contributed by atoms with E-state index in [4.69, 9.17) is 16.7 Å². The highest BCUT2D eigenvalue weighted by molar-refractivity contribution is 6.31. The summed E-state index contributed by atoms with van der Waals surface area (Å²) in [6, 6.07) is 4.70. The van der Waals surface area contributed by atoms with Gasteiger partial charge in [0, 0.05) is 10.7 Å². The number of benzene rings is 1. The van der Waals surface area contributed by atoms with Crippen molar-refractivity contribution in [2.45, 2.75) is 32.1 Å². The third-order valence-corrected chi connectivity index (χ3v) is 3.13. The largest absolute Gasteiger partial charge is 0.478 e. The number of carboxylic acids is 1. The van der Waals surface area contributed by atoms with Gasteiger partial charge in [-0.05, 0) is 43.9 Å². The van der Waals surface area contributed by atoms with Crippen LogP contribution in [-0.2, 0) is 0 Å². The molecular formula is C13H14ClNO2. The fourth-order valence-corrected chi connectivity index (χ4v) is 2.19. The van der Waals surface area contributed by atoms with Gasteiger partial charge in [0.1, 0.15) is 0 Å². The van der Waals surface area contributed by atoms with E-state index in [1.54, 1.807) is 12.1 Å². The van der Waals surface area contributed by atoms with Crippen molar-refractivity contribution in [1.29, 1.82) is 0 Å². The van der Waals surface area contributed by atoms with Crippen molar-refractivity contribution in [3.05, 3.63) is 28.8 Å². The van der Waals surface area contributed by atoms with Gasteiger partial charge in [0.25, 0.3) is 0 Å². The molecule has 0 atom stereocenters. The van der Waals surface area contributed by atoms with Gasteiger partial charge in [-0.2, -0.15) is 0 Å². The number of hydrogen-bond acceptors (Lipinski definition) is 2. The number of rotatable bonds is 2.